The van der Waals surface area contributed by atoms with Crippen molar-refractivity contribution in [3.05, 3.63) is 52.0 Å². The average Bonchev–Trinajstić information content (AvgIpc) is 2.72. The monoisotopic (exact) mass is 281 g/mol. The maximum atomic E-state index is 13.2. The minimum absolute atomic E-state index is 0.0244. The maximum Gasteiger partial charge on any atom is 0.124 e. The Hall–Kier alpha value is -0.840. The Balaban J connectivity index is 2.22. The normalized spacial score (nSPS) is 14.4. The van der Waals surface area contributed by atoms with Crippen molar-refractivity contribution in [3.8, 4) is 0 Å². The summed E-state index contributed by atoms with van der Waals surface area (Å²) in [4.78, 5) is 3.44. The molecule has 0 aliphatic rings. The van der Waals surface area contributed by atoms with Crippen molar-refractivity contribution in [3.63, 3.8) is 0 Å². The van der Waals surface area contributed by atoms with E-state index in [1.165, 1.54) is 15.8 Å². The van der Waals surface area contributed by atoms with E-state index in [1.54, 1.807) is 35.2 Å². The fourth-order valence-corrected chi connectivity index (χ4v) is 4.02. The van der Waals surface area contributed by atoms with E-state index in [1.807, 2.05) is 13.0 Å². The second-order valence-electron chi connectivity index (χ2n) is 4.30. The van der Waals surface area contributed by atoms with E-state index in [2.05, 4.69) is 19.1 Å². The number of halogens is 1. The molecule has 0 aliphatic carbocycles. The SMILES string of the molecule is Cc1ccc(C(Sc2cccc(F)c2)C(C)N)s1. The van der Waals surface area contributed by atoms with Gasteiger partial charge in [0.2, 0.25) is 0 Å². The Kier molecular flexibility index (Phi) is 4.43. The van der Waals surface area contributed by atoms with Crippen molar-refractivity contribution in [2.75, 3.05) is 0 Å². The molecule has 0 bridgehead atoms. The third-order valence-electron chi connectivity index (χ3n) is 2.58. The Morgan fingerprint density at radius 3 is 2.61 bits per heavy atom. The van der Waals surface area contributed by atoms with Gasteiger partial charge in [-0.25, -0.2) is 4.39 Å². The first-order chi connectivity index (χ1) is 8.56. The molecule has 0 radical (unpaired) electrons. The van der Waals surface area contributed by atoms with E-state index in [0.29, 0.717) is 0 Å². The summed E-state index contributed by atoms with van der Waals surface area (Å²) in [6.07, 6.45) is 0. The molecule has 1 heterocycles. The first kappa shape index (κ1) is 13.6. The molecule has 2 rings (SSSR count). The molecule has 2 atom stereocenters. The highest BCUT2D eigenvalue weighted by molar-refractivity contribution is 7.99. The summed E-state index contributed by atoms with van der Waals surface area (Å²) in [7, 11) is 0. The highest BCUT2D eigenvalue weighted by Crippen LogP contribution is 2.40. The lowest BCUT2D eigenvalue weighted by Crippen LogP contribution is -2.21. The number of benzene rings is 1. The first-order valence-electron chi connectivity index (χ1n) is 5.80. The Labute approximate surface area is 115 Å². The summed E-state index contributed by atoms with van der Waals surface area (Å²) in [5, 5.41) is 0.172. The molecule has 1 aromatic carbocycles. The molecule has 2 N–H and O–H groups in total. The van der Waals surface area contributed by atoms with Gasteiger partial charge in [-0.3, -0.25) is 0 Å². The van der Waals surface area contributed by atoms with Gasteiger partial charge in [0.05, 0.1) is 5.25 Å². The van der Waals surface area contributed by atoms with Crippen LogP contribution in [0.25, 0.3) is 0 Å². The predicted molar refractivity (Wildman–Crippen MR) is 77.7 cm³/mol. The lowest BCUT2D eigenvalue weighted by atomic mass is 10.2. The van der Waals surface area contributed by atoms with Gasteiger partial charge in [0.1, 0.15) is 5.82 Å². The van der Waals surface area contributed by atoms with Crippen LogP contribution >= 0.6 is 23.1 Å². The molecule has 0 aliphatic heterocycles. The highest BCUT2D eigenvalue weighted by atomic mass is 32.2. The zero-order chi connectivity index (χ0) is 13.1. The van der Waals surface area contributed by atoms with E-state index in [0.717, 1.165) is 4.90 Å². The van der Waals surface area contributed by atoms with E-state index in [4.69, 9.17) is 5.73 Å². The number of rotatable bonds is 4. The van der Waals surface area contributed by atoms with E-state index >= 15 is 0 Å². The average molecular weight is 281 g/mol. The summed E-state index contributed by atoms with van der Waals surface area (Å²) in [5.41, 5.74) is 6.06. The van der Waals surface area contributed by atoms with Crippen LogP contribution in [0.1, 0.15) is 21.9 Å². The van der Waals surface area contributed by atoms with Crippen LogP contribution in [0.4, 0.5) is 4.39 Å². The summed E-state index contributed by atoms with van der Waals surface area (Å²) in [5.74, 6) is -0.203. The van der Waals surface area contributed by atoms with Gasteiger partial charge in [-0.1, -0.05) is 6.07 Å². The molecule has 0 amide bonds. The molecular formula is C14H16FNS2. The number of thiophene rings is 1. The van der Waals surface area contributed by atoms with Crippen molar-refractivity contribution < 1.29 is 4.39 Å². The van der Waals surface area contributed by atoms with Crippen LogP contribution in [0.3, 0.4) is 0 Å². The van der Waals surface area contributed by atoms with Crippen LogP contribution in [-0.4, -0.2) is 6.04 Å². The van der Waals surface area contributed by atoms with E-state index in [9.17, 15) is 4.39 Å². The molecule has 1 aromatic heterocycles. The van der Waals surface area contributed by atoms with Crippen molar-refractivity contribution in [1.82, 2.24) is 0 Å². The second-order valence-corrected chi connectivity index (χ2v) is 6.84. The minimum Gasteiger partial charge on any atom is -0.327 e. The lowest BCUT2D eigenvalue weighted by Gasteiger charge is -2.19. The van der Waals surface area contributed by atoms with Crippen LogP contribution in [0.2, 0.25) is 0 Å². The van der Waals surface area contributed by atoms with E-state index < -0.39 is 0 Å². The molecule has 0 saturated carbocycles. The highest BCUT2D eigenvalue weighted by Gasteiger charge is 2.19. The van der Waals surface area contributed by atoms with Crippen LogP contribution < -0.4 is 5.73 Å². The summed E-state index contributed by atoms with van der Waals surface area (Å²) in [6.45, 7) is 4.07. The molecular weight excluding hydrogens is 265 g/mol. The first-order valence-corrected chi connectivity index (χ1v) is 7.50. The Morgan fingerprint density at radius 1 is 1.28 bits per heavy atom. The second kappa shape index (κ2) is 5.87. The fourth-order valence-electron chi connectivity index (χ4n) is 1.72. The summed E-state index contributed by atoms with van der Waals surface area (Å²) < 4.78 is 13.2. The molecule has 18 heavy (non-hydrogen) atoms. The molecule has 96 valence electrons. The Morgan fingerprint density at radius 2 is 2.06 bits per heavy atom. The Bertz CT molecular complexity index is 522. The van der Waals surface area contributed by atoms with Gasteiger partial charge in [0, 0.05) is 20.7 Å². The van der Waals surface area contributed by atoms with Crippen LogP contribution in [0.5, 0.6) is 0 Å². The van der Waals surface area contributed by atoms with Gasteiger partial charge in [-0.05, 0) is 44.2 Å². The number of hydrogen-bond donors (Lipinski definition) is 1. The lowest BCUT2D eigenvalue weighted by molar-refractivity contribution is 0.624. The van der Waals surface area contributed by atoms with Crippen LogP contribution in [0.15, 0.2) is 41.3 Å². The molecule has 1 nitrogen and oxygen atoms in total. The summed E-state index contributed by atoms with van der Waals surface area (Å²) >= 11 is 3.38. The minimum atomic E-state index is -0.203. The molecule has 0 saturated heterocycles. The molecule has 4 heteroatoms. The van der Waals surface area contributed by atoms with Crippen LogP contribution in [-0.2, 0) is 0 Å². The quantitative estimate of drug-likeness (QED) is 0.842. The van der Waals surface area contributed by atoms with Gasteiger partial charge in [-0.15, -0.1) is 23.1 Å². The molecule has 2 aromatic rings. The van der Waals surface area contributed by atoms with Gasteiger partial charge < -0.3 is 5.73 Å². The van der Waals surface area contributed by atoms with Gasteiger partial charge in [0.25, 0.3) is 0 Å². The molecule has 0 fully saturated rings. The zero-order valence-electron chi connectivity index (χ0n) is 10.4. The number of aryl methyl sites for hydroxylation is 1. The van der Waals surface area contributed by atoms with Gasteiger partial charge in [0.15, 0.2) is 0 Å². The molecule has 2 unspecified atom stereocenters. The topological polar surface area (TPSA) is 26.0 Å². The van der Waals surface area contributed by atoms with Gasteiger partial charge in [-0.2, -0.15) is 0 Å². The van der Waals surface area contributed by atoms with Crippen molar-refractivity contribution in [1.29, 1.82) is 0 Å². The van der Waals surface area contributed by atoms with E-state index in [-0.39, 0.29) is 17.1 Å². The fraction of sp³-hybridized carbons (Fsp3) is 0.286. The predicted octanol–water partition coefficient (Wildman–Crippen LogP) is 4.38. The number of nitrogens with two attached hydrogens (primary N) is 1. The largest absolute Gasteiger partial charge is 0.327 e. The third-order valence-corrected chi connectivity index (χ3v) is 5.27. The number of hydrogen-bond acceptors (Lipinski definition) is 3. The smallest absolute Gasteiger partial charge is 0.124 e. The maximum absolute atomic E-state index is 13.2. The third kappa shape index (κ3) is 3.34. The van der Waals surface area contributed by atoms with Gasteiger partial charge >= 0.3 is 0 Å². The van der Waals surface area contributed by atoms with Crippen molar-refractivity contribution >= 4 is 23.1 Å². The van der Waals surface area contributed by atoms with Crippen molar-refractivity contribution in [2.45, 2.75) is 30.0 Å². The zero-order valence-corrected chi connectivity index (χ0v) is 12.0. The summed E-state index contributed by atoms with van der Waals surface area (Å²) in [6, 6.07) is 10.9. The molecule has 0 spiro atoms. The standard InChI is InChI=1S/C14H16FNS2/c1-9-6-7-13(17-9)14(10(2)16)18-12-5-3-4-11(15)8-12/h3-8,10,14H,16H2,1-2H3. The number of thioether (sulfide) groups is 1. The van der Waals surface area contributed by atoms with Crippen molar-refractivity contribution in [2.24, 2.45) is 5.73 Å². The van der Waals surface area contributed by atoms with Crippen LogP contribution in [0, 0.1) is 12.7 Å².